The topological polar surface area (TPSA) is 21.7 Å². The fourth-order valence-electron chi connectivity index (χ4n) is 5.24. The van der Waals surface area contributed by atoms with E-state index in [1.165, 1.54) is 76.3 Å². The van der Waals surface area contributed by atoms with Crippen LogP contribution in [0.4, 0.5) is 0 Å². The number of likely N-dealkylation sites (tertiary alicyclic amines) is 1. The van der Waals surface area contributed by atoms with E-state index in [0.717, 1.165) is 31.5 Å². The number of para-hydroxylation sites is 1. The number of hydrogen-bond donors (Lipinski definition) is 0. The van der Waals surface area contributed by atoms with E-state index in [1.54, 1.807) is 0 Å². The molecule has 0 aromatic heterocycles. The van der Waals surface area contributed by atoms with Crippen LogP contribution in [0.2, 0.25) is 0 Å². The van der Waals surface area contributed by atoms with Crippen LogP contribution in [0.1, 0.15) is 89.5 Å². The van der Waals surface area contributed by atoms with E-state index in [2.05, 4.69) is 43.0 Å². The zero-order valence-corrected chi connectivity index (χ0v) is 19.4. The molecular weight excluding hydrogens is 382 g/mol. The molecule has 0 N–H and O–H groups in total. The van der Waals surface area contributed by atoms with Crippen molar-refractivity contribution in [3.8, 4) is 5.75 Å². The van der Waals surface area contributed by atoms with Crippen molar-refractivity contribution >= 4 is 12.4 Å². The Bertz CT molecular complexity index is 558. The predicted octanol–water partition coefficient (Wildman–Crippen LogP) is 6.59. The first-order chi connectivity index (χ1) is 13.8. The Morgan fingerprint density at radius 2 is 1.52 bits per heavy atom. The SMILES string of the molecule is CCOc1ccccc1C1CCN(C2CCCCCCCCC2)CC1OCC.Cl. The first-order valence-electron chi connectivity index (χ1n) is 11.9. The van der Waals surface area contributed by atoms with Gasteiger partial charge >= 0.3 is 0 Å². The van der Waals surface area contributed by atoms with Crippen LogP contribution in [0.15, 0.2) is 24.3 Å². The Hall–Kier alpha value is -0.770. The molecule has 0 radical (unpaired) electrons. The summed E-state index contributed by atoms with van der Waals surface area (Å²) in [6.07, 6.45) is 14.2. The summed E-state index contributed by atoms with van der Waals surface area (Å²) in [4.78, 5) is 2.77. The molecule has 1 heterocycles. The van der Waals surface area contributed by atoms with Gasteiger partial charge in [-0.3, -0.25) is 4.90 Å². The molecule has 0 bridgehead atoms. The van der Waals surface area contributed by atoms with Crippen LogP contribution in [-0.2, 0) is 4.74 Å². The van der Waals surface area contributed by atoms with E-state index in [1.807, 2.05) is 0 Å². The van der Waals surface area contributed by atoms with Gasteiger partial charge in [0, 0.05) is 25.1 Å². The summed E-state index contributed by atoms with van der Waals surface area (Å²) in [5.41, 5.74) is 1.34. The lowest BCUT2D eigenvalue weighted by atomic mass is 9.84. The Morgan fingerprint density at radius 3 is 2.17 bits per heavy atom. The van der Waals surface area contributed by atoms with Crippen LogP contribution in [0, 0.1) is 0 Å². The van der Waals surface area contributed by atoms with Crippen molar-refractivity contribution in [2.75, 3.05) is 26.3 Å². The number of halogens is 1. The molecule has 29 heavy (non-hydrogen) atoms. The van der Waals surface area contributed by atoms with Crippen molar-refractivity contribution < 1.29 is 9.47 Å². The second-order valence-electron chi connectivity index (χ2n) is 8.56. The van der Waals surface area contributed by atoms with Gasteiger partial charge in [-0.25, -0.2) is 0 Å². The molecule has 1 aromatic rings. The van der Waals surface area contributed by atoms with Crippen molar-refractivity contribution in [3.63, 3.8) is 0 Å². The molecular formula is C25H42ClNO2. The normalized spacial score (nSPS) is 25.2. The molecule has 2 unspecified atom stereocenters. The van der Waals surface area contributed by atoms with Crippen molar-refractivity contribution in [2.45, 2.75) is 96.1 Å². The number of nitrogens with zero attached hydrogens (tertiary/aromatic N) is 1. The molecule has 0 amide bonds. The predicted molar refractivity (Wildman–Crippen MR) is 125 cm³/mol. The number of rotatable bonds is 6. The summed E-state index contributed by atoms with van der Waals surface area (Å²) in [7, 11) is 0. The molecule has 0 spiro atoms. The summed E-state index contributed by atoms with van der Waals surface area (Å²) >= 11 is 0. The highest BCUT2D eigenvalue weighted by molar-refractivity contribution is 5.85. The molecule has 3 nitrogen and oxygen atoms in total. The fraction of sp³-hybridized carbons (Fsp3) is 0.760. The maximum atomic E-state index is 6.31. The highest BCUT2D eigenvalue weighted by atomic mass is 35.5. The van der Waals surface area contributed by atoms with Crippen LogP contribution in [0.5, 0.6) is 5.75 Å². The lowest BCUT2D eigenvalue weighted by molar-refractivity contribution is -0.0250. The van der Waals surface area contributed by atoms with E-state index in [4.69, 9.17) is 9.47 Å². The van der Waals surface area contributed by atoms with Gasteiger partial charge in [-0.2, -0.15) is 0 Å². The smallest absolute Gasteiger partial charge is 0.122 e. The van der Waals surface area contributed by atoms with Crippen LogP contribution < -0.4 is 4.74 Å². The largest absolute Gasteiger partial charge is 0.494 e. The maximum Gasteiger partial charge on any atom is 0.122 e. The maximum absolute atomic E-state index is 6.31. The van der Waals surface area contributed by atoms with Crippen LogP contribution in [0.25, 0.3) is 0 Å². The zero-order valence-electron chi connectivity index (χ0n) is 18.6. The summed E-state index contributed by atoms with van der Waals surface area (Å²) in [6.45, 7) is 7.98. The van der Waals surface area contributed by atoms with E-state index >= 15 is 0 Å². The quantitative estimate of drug-likeness (QED) is 0.514. The molecule has 166 valence electrons. The summed E-state index contributed by atoms with van der Waals surface area (Å²) < 4.78 is 12.3. The van der Waals surface area contributed by atoms with E-state index in [-0.39, 0.29) is 18.5 Å². The lowest BCUT2D eigenvalue weighted by Gasteiger charge is -2.43. The molecule has 1 aliphatic carbocycles. The van der Waals surface area contributed by atoms with Crippen LogP contribution in [0.3, 0.4) is 0 Å². The lowest BCUT2D eigenvalue weighted by Crippen LogP contribution is -2.48. The Labute approximate surface area is 184 Å². The molecule has 1 aromatic carbocycles. The highest BCUT2D eigenvalue weighted by Crippen LogP contribution is 2.37. The van der Waals surface area contributed by atoms with Crippen molar-refractivity contribution in [2.24, 2.45) is 0 Å². The average molecular weight is 424 g/mol. The number of ether oxygens (including phenoxy) is 2. The Morgan fingerprint density at radius 1 is 0.862 bits per heavy atom. The molecule has 1 aliphatic heterocycles. The third kappa shape index (κ3) is 7.15. The molecule has 2 fully saturated rings. The third-order valence-corrected chi connectivity index (χ3v) is 6.68. The van der Waals surface area contributed by atoms with E-state index < -0.39 is 0 Å². The fourth-order valence-corrected chi connectivity index (χ4v) is 5.24. The van der Waals surface area contributed by atoms with Gasteiger partial charge in [-0.1, -0.05) is 63.1 Å². The van der Waals surface area contributed by atoms with Gasteiger partial charge in [0.15, 0.2) is 0 Å². The first-order valence-corrected chi connectivity index (χ1v) is 11.9. The van der Waals surface area contributed by atoms with Gasteiger partial charge < -0.3 is 9.47 Å². The van der Waals surface area contributed by atoms with Crippen molar-refractivity contribution in [1.82, 2.24) is 4.90 Å². The van der Waals surface area contributed by atoms with Gasteiger partial charge in [0.2, 0.25) is 0 Å². The summed E-state index contributed by atoms with van der Waals surface area (Å²) in [6, 6.07) is 9.36. The monoisotopic (exact) mass is 423 g/mol. The van der Waals surface area contributed by atoms with Crippen LogP contribution >= 0.6 is 12.4 Å². The van der Waals surface area contributed by atoms with Gasteiger partial charge in [0.25, 0.3) is 0 Å². The standard InChI is InChI=1S/C25H41NO2.ClH/c1-3-27-24-17-13-12-16-22(24)23-18-19-26(20-25(23)28-4-2)21-14-10-8-6-5-7-9-11-15-21;/h12-13,16-17,21,23,25H,3-11,14-15,18-20H2,1-2H3;1H. The minimum Gasteiger partial charge on any atom is -0.494 e. The minimum atomic E-state index is 0. The summed E-state index contributed by atoms with van der Waals surface area (Å²) in [5.74, 6) is 1.49. The van der Waals surface area contributed by atoms with Crippen molar-refractivity contribution in [3.05, 3.63) is 29.8 Å². The van der Waals surface area contributed by atoms with Gasteiger partial charge in [-0.15, -0.1) is 12.4 Å². The zero-order chi connectivity index (χ0) is 19.6. The van der Waals surface area contributed by atoms with Gasteiger partial charge in [0.05, 0.1) is 12.7 Å². The molecule has 2 atom stereocenters. The number of hydrogen-bond acceptors (Lipinski definition) is 3. The molecule has 2 aliphatic rings. The second kappa shape index (κ2) is 13.5. The van der Waals surface area contributed by atoms with E-state index in [9.17, 15) is 0 Å². The van der Waals surface area contributed by atoms with Crippen molar-refractivity contribution in [1.29, 1.82) is 0 Å². The summed E-state index contributed by atoms with van der Waals surface area (Å²) in [5, 5.41) is 0. The Balaban J connectivity index is 0.00000300. The molecule has 3 rings (SSSR count). The first kappa shape index (κ1) is 24.5. The molecule has 1 saturated carbocycles. The number of benzene rings is 1. The van der Waals surface area contributed by atoms with Gasteiger partial charge in [-0.05, 0) is 51.3 Å². The third-order valence-electron chi connectivity index (χ3n) is 6.68. The Kier molecular flexibility index (Phi) is 11.4. The van der Waals surface area contributed by atoms with Gasteiger partial charge in [0.1, 0.15) is 5.75 Å². The van der Waals surface area contributed by atoms with E-state index in [0.29, 0.717) is 5.92 Å². The molecule has 1 saturated heterocycles. The number of piperidine rings is 1. The minimum absolute atomic E-state index is 0. The highest BCUT2D eigenvalue weighted by Gasteiger charge is 2.35. The van der Waals surface area contributed by atoms with Crippen LogP contribution in [-0.4, -0.2) is 43.3 Å². The molecule has 4 heteroatoms. The average Bonchev–Trinajstić information content (AvgIpc) is 2.73. The second-order valence-corrected chi connectivity index (χ2v) is 8.56.